The third kappa shape index (κ3) is 2.28. The highest BCUT2D eigenvalue weighted by atomic mass is 14.8. The quantitative estimate of drug-likeness (QED) is 0.909. The summed E-state index contributed by atoms with van der Waals surface area (Å²) in [5, 5.41) is 0. The predicted octanol–water partition coefficient (Wildman–Crippen LogP) is 3.37. The Bertz CT molecular complexity index is 560. The monoisotopic (exact) mass is 252 g/mol. The molecule has 0 fully saturated rings. The van der Waals surface area contributed by atoms with Crippen LogP contribution in [0.25, 0.3) is 0 Å². The number of nitrogens with two attached hydrogens (primary N) is 1. The van der Waals surface area contributed by atoms with Gasteiger partial charge in [0, 0.05) is 23.9 Å². The smallest absolute Gasteiger partial charge is 0.0485 e. The molecule has 3 rings (SSSR count). The largest absolute Gasteiger partial charge is 0.323 e. The van der Waals surface area contributed by atoms with Gasteiger partial charge < -0.3 is 5.73 Å². The molecule has 0 radical (unpaired) electrons. The lowest BCUT2D eigenvalue weighted by Crippen LogP contribution is -2.18. The molecule has 1 aliphatic rings. The molecule has 2 heteroatoms. The highest BCUT2D eigenvalue weighted by Crippen LogP contribution is 2.38. The number of rotatable bonds is 3. The molecule has 2 nitrogen and oxygen atoms in total. The molecule has 1 aliphatic carbocycles. The number of aryl methyl sites for hydroxylation is 2. The van der Waals surface area contributed by atoms with Crippen LogP contribution in [-0.2, 0) is 12.8 Å². The maximum Gasteiger partial charge on any atom is 0.0485 e. The molecule has 0 bridgehead atoms. The van der Waals surface area contributed by atoms with E-state index in [2.05, 4.69) is 42.2 Å². The molecule has 0 saturated heterocycles. The second-order valence-electron chi connectivity index (χ2n) is 5.31. The Morgan fingerprint density at radius 2 is 2.05 bits per heavy atom. The van der Waals surface area contributed by atoms with E-state index < -0.39 is 0 Å². The Labute approximate surface area is 114 Å². The van der Waals surface area contributed by atoms with Crippen molar-refractivity contribution in [3.8, 4) is 0 Å². The van der Waals surface area contributed by atoms with Crippen LogP contribution in [0.3, 0.4) is 0 Å². The van der Waals surface area contributed by atoms with Crippen LogP contribution in [0, 0.1) is 0 Å². The summed E-state index contributed by atoms with van der Waals surface area (Å²) in [5.74, 6) is 0.365. The van der Waals surface area contributed by atoms with Gasteiger partial charge in [-0.25, -0.2) is 0 Å². The van der Waals surface area contributed by atoms with Crippen LogP contribution in [0.1, 0.15) is 47.7 Å². The standard InChI is InChI=1S/C17H20N2/c1-2-12-5-7-13(8-6-12)16(18)15-10-9-14-4-3-11-19-17(14)15/h3-8,11,15-16H,2,9-10,18H2,1H3. The number of hydrogen-bond acceptors (Lipinski definition) is 2. The molecule has 1 aromatic heterocycles. The van der Waals surface area contributed by atoms with Crippen LogP contribution >= 0.6 is 0 Å². The molecule has 0 aliphatic heterocycles. The van der Waals surface area contributed by atoms with Gasteiger partial charge in [0.25, 0.3) is 0 Å². The molecular formula is C17H20N2. The summed E-state index contributed by atoms with van der Waals surface area (Å²) in [7, 11) is 0. The highest BCUT2D eigenvalue weighted by Gasteiger charge is 2.29. The molecule has 2 N–H and O–H groups in total. The summed E-state index contributed by atoms with van der Waals surface area (Å²) < 4.78 is 0. The number of nitrogens with zero attached hydrogens (tertiary/aromatic N) is 1. The van der Waals surface area contributed by atoms with E-state index in [0.29, 0.717) is 5.92 Å². The molecule has 1 heterocycles. The topological polar surface area (TPSA) is 38.9 Å². The molecule has 0 saturated carbocycles. The van der Waals surface area contributed by atoms with Gasteiger partial charge in [0.1, 0.15) is 0 Å². The minimum atomic E-state index is 0.0575. The van der Waals surface area contributed by atoms with Crippen LogP contribution < -0.4 is 5.73 Å². The van der Waals surface area contributed by atoms with E-state index in [-0.39, 0.29) is 6.04 Å². The minimum absolute atomic E-state index is 0.0575. The molecule has 2 atom stereocenters. The van der Waals surface area contributed by atoms with E-state index in [9.17, 15) is 0 Å². The van der Waals surface area contributed by atoms with E-state index in [4.69, 9.17) is 5.73 Å². The average Bonchev–Trinajstić information content (AvgIpc) is 2.90. The number of hydrogen-bond donors (Lipinski definition) is 1. The number of fused-ring (bicyclic) bond motifs is 1. The third-order valence-electron chi connectivity index (χ3n) is 4.21. The number of aromatic nitrogens is 1. The fourth-order valence-corrected chi connectivity index (χ4v) is 3.00. The third-order valence-corrected chi connectivity index (χ3v) is 4.21. The van der Waals surface area contributed by atoms with Crippen molar-refractivity contribution in [2.45, 2.75) is 38.1 Å². The Morgan fingerprint density at radius 1 is 1.26 bits per heavy atom. The first kappa shape index (κ1) is 12.4. The lowest BCUT2D eigenvalue weighted by Gasteiger charge is -2.20. The molecule has 98 valence electrons. The van der Waals surface area contributed by atoms with Gasteiger partial charge in [0.15, 0.2) is 0 Å². The Kier molecular flexibility index (Phi) is 3.34. The van der Waals surface area contributed by atoms with Crippen molar-refractivity contribution in [3.63, 3.8) is 0 Å². The van der Waals surface area contributed by atoms with E-state index >= 15 is 0 Å². The van der Waals surface area contributed by atoms with E-state index in [1.165, 1.54) is 22.4 Å². The second-order valence-corrected chi connectivity index (χ2v) is 5.31. The lowest BCUT2D eigenvalue weighted by molar-refractivity contribution is 0.541. The van der Waals surface area contributed by atoms with Crippen LogP contribution in [-0.4, -0.2) is 4.98 Å². The first-order valence-corrected chi connectivity index (χ1v) is 7.07. The van der Waals surface area contributed by atoms with E-state index in [1.807, 2.05) is 12.3 Å². The molecule has 0 spiro atoms. The maximum absolute atomic E-state index is 6.47. The van der Waals surface area contributed by atoms with Gasteiger partial charge in [-0.15, -0.1) is 0 Å². The van der Waals surface area contributed by atoms with Crippen molar-refractivity contribution >= 4 is 0 Å². The predicted molar refractivity (Wildman–Crippen MR) is 78.0 cm³/mol. The SMILES string of the molecule is CCc1ccc(C(N)C2CCc3cccnc32)cc1. The van der Waals surface area contributed by atoms with Crippen molar-refractivity contribution in [1.29, 1.82) is 0 Å². The van der Waals surface area contributed by atoms with Gasteiger partial charge in [0.05, 0.1) is 0 Å². The van der Waals surface area contributed by atoms with Crippen molar-refractivity contribution < 1.29 is 0 Å². The maximum atomic E-state index is 6.47. The zero-order valence-corrected chi connectivity index (χ0v) is 11.3. The summed E-state index contributed by atoms with van der Waals surface area (Å²) in [6.45, 7) is 2.17. The average molecular weight is 252 g/mol. The normalized spacial score (nSPS) is 19.2. The minimum Gasteiger partial charge on any atom is -0.323 e. The van der Waals surface area contributed by atoms with Gasteiger partial charge >= 0.3 is 0 Å². The molecule has 1 aromatic carbocycles. The first-order valence-electron chi connectivity index (χ1n) is 7.07. The Balaban J connectivity index is 1.86. The van der Waals surface area contributed by atoms with E-state index in [0.717, 1.165) is 19.3 Å². The van der Waals surface area contributed by atoms with Gasteiger partial charge in [0.2, 0.25) is 0 Å². The summed E-state index contributed by atoms with van der Waals surface area (Å²) in [6, 6.07) is 13.0. The second kappa shape index (κ2) is 5.14. The van der Waals surface area contributed by atoms with Crippen LogP contribution in [0.4, 0.5) is 0 Å². The van der Waals surface area contributed by atoms with Crippen LogP contribution in [0.2, 0.25) is 0 Å². The fourth-order valence-electron chi connectivity index (χ4n) is 3.00. The van der Waals surface area contributed by atoms with Crippen molar-refractivity contribution in [2.24, 2.45) is 5.73 Å². The molecule has 0 amide bonds. The zero-order chi connectivity index (χ0) is 13.2. The molecular weight excluding hydrogens is 232 g/mol. The van der Waals surface area contributed by atoms with Crippen molar-refractivity contribution in [2.75, 3.05) is 0 Å². The lowest BCUT2D eigenvalue weighted by atomic mass is 9.91. The van der Waals surface area contributed by atoms with Crippen LogP contribution in [0.5, 0.6) is 0 Å². The van der Waals surface area contributed by atoms with Gasteiger partial charge in [-0.2, -0.15) is 0 Å². The molecule has 2 unspecified atom stereocenters. The fraction of sp³-hybridized carbons (Fsp3) is 0.353. The van der Waals surface area contributed by atoms with Gasteiger partial charge in [-0.1, -0.05) is 37.3 Å². The number of benzene rings is 1. The summed E-state index contributed by atoms with van der Waals surface area (Å²) >= 11 is 0. The number of pyridine rings is 1. The summed E-state index contributed by atoms with van der Waals surface area (Å²) in [5.41, 5.74) is 11.6. The molecule has 19 heavy (non-hydrogen) atoms. The molecule has 2 aromatic rings. The zero-order valence-electron chi connectivity index (χ0n) is 11.3. The summed E-state index contributed by atoms with van der Waals surface area (Å²) in [6.07, 6.45) is 5.17. The first-order chi connectivity index (χ1) is 9.29. The van der Waals surface area contributed by atoms with Crippen molar-refractivity contribution in [1.82, 2.24) is 4.98 Å². The summed E-state index contributed by atoms with van der Waals surface area (Å²) in [4.78, 5) is 4.54. The highest BCUT2D eigenvalue weighted by molar-refractivity contribution is 5.34. The van der Waals surface area contributed by atoms with Crippen molar-refractivity contribution in [3.05, 3.63) is 65.0 Å². The Hall–Kier alpha value is -1.67. The van der Waals surface area contributed by atoms with Crippen LogP contribution in [0.15, 0.2) is 42.6 Å². The van der Waals surface area contributed by atoms with E-state index in [1.54, 1.807) is 0 Å². The van der Waals surface area contributed by atoms with Gasteiger partial charge in [-0.3, -0.25) is 4.98 Å². The van der Waals surface area contributed by atoms with Gasteiger partial charge in [-0.05, 0) is 42.0 Å². The Morgan fingerprint density at radius 3 is 2.79 bits per heavy atom.